The van der Waals surface area contributed by atoms with E-state index in [0.717, 1.165) is 21.2 Å². The maximum atomic E-state index is 10.2. The molecule has 0 fully saturated rings. The number of nitrogens with one attached hydrogen (secondary N) is 1. The van der Waals surface area contributed by atoms with E-state index in [1.165, 1.54) is 5.56 Å². The van der Waals surface area contributed by atoms with Crippen molar-refractivity contribution in [2.24, 2.45) is 0 Å². The molecule has 3 aromatic rings. The Labute approximate surface area is 164 Å². The number of aromatic hydroxyl groups is 1. The van der Waals surface area contributed by atoms with Crippen molar-refractivity contribution in [2.75, 3.05) is 5.32 Å². The Morgan fingerprint density at radius 1 is 1.00 bits per heavy atom. The average Bonchev–Trinajstić information content (AvgIpc) is 2.57. The van der Waals surface area contributed by atoms with Gasteiger partial charge in [0, 0.05) is 15.5 Å². The first-order chi connectivity index (χ1) is 11.8. The molecule has 0 amide bonds. The van der Waals surface area contributed by atoms with Crippen LogP contribution in [0.25, 0.3) is 10.9 Å². The van der Waals surface area contributed by atoms with Crippen LogP contribution < -0.4 is 5.32 Å². The third kappa shape index (κ3) is 3.98. The molecular formula is C20H20Br2N2O. The first-order valence-electron chi connectivity index (χ1n) is 8.07. The number of benzene rings is 2. The van der Waals surface area contributed by atoms with Crippen molar-refractivity contribution in [3.63, 3.8) is 0 Å². The number of aromatic nitrogens is 1. The molecule has 3 rings (SSSR count). The molecule has 3 nitrogen and oxygen atoms in total. The molecule has 0 bridgehead atoms. The Hall–Kier alpha value is -1.59. The van der Waals surface area contributed by atoms with Gasteiger partial charge in [-0.1, -0.05) is 48.8 Å². The predicted molar refractivity (Wildman–Crippen MR) is 111 cm³/mol. The van der Waals surface area contributed by atoms with Gasteiger partial charge in [-0.15, -0.1) is 0 Å². The van der Waals surface area contributed by atoms with Gasteiger partial charge in [0.1, 0.15) is 5.52 Å². The summed E-state index contributed by atoms with van der Waals surface area (Å²) in [5.74, 6) is 0.162. The van der Waals surface area contributed by atoms with Crippen LogP contribution in [0.2, 0.25) is 0 Å². The summed E-state index contributed by atoms with van der Waals surface area (Å²) in [6, 6.07) is 14.2. The van der Waals surface area contributed by atoms with E-state index in [9.17, 15) is 5.11 Å². The lowest BCUT2D eigenvalue weighted by molar-refractivity contribution is 0.477. The fourth-order valence-corrected chi connectivity index (χ4v) is 3.90. The van der Waals surface area contributed by atoms with E-state index in [1.807, 2.05) is 18.2 Å². The topological polar surface area (TPSA) is 45.1 Å². The molecule has 0 saturated carbocycles. The minimum Gasteiger partial charge on any atom is -0.505 e. The highest BCUT2D eigenvalue weighted by atomic mass is 79.9. The van der Waals surface area contributed by atoms with E-state index >= 15 is 0 Å². The van der Waals surface area contributed by atoms with Crippen LogP contribution in [-0.2, 0) is 12.0 Å². The average molecular weight is 464 g/mol. The van der Waals surface area contributed by atoms with Crippen molar-refractivity contribution in [1.29, 1.82) is 0 Å². The first-order valence-corrected chi connectivity index (χ1v) is 9.65. The summed E-state index contributed by atoms with van der Waals surface area (Å²) in [5, 5.41) is 14.5. The van der Waals surface area contributed by atoms with Gasteiger partial charge in [-0.05, 0) is 57.2 Å². The van der Waals surface area contributed by atoms with E-state index in [4.69, 9.17) is 0 Å². The normalized spacial score (nSPS) is 11.7. The summed E-state index contributed by atoms with van der Waals surface area (Å²) in [4.78, 5) is 4.60. The number of pyridine rings is 1. The maximum absolute atomic E-state index is 10.2. The molecule has 130 valence electrons. The lowest BCUT2D eigenvalue weighted by Crippen LogP contribution is -2.10. The highest BCUT2D eigenvalue weighted by Gasteiger charge is 2.13. The molecule has 0 radical (unpaired) electrons. The monoisotopic (exact) mass is 462 g/mol. The second-order valence-electron chi connectivity index (χ2n) is 7.07. The zero-order chi connectivity index (χ0) is 18.2. The molecule has 0 unspecified atom stereocenters. The number of phenolic OH excluding ortho intramolecular Hbond substituents is 1. The Kier molecular flexibility index (Phi) is 5.07. The second kappa shape index (κ2) is 6.96. The molecule has 0 spiro atoms. The van der Waals surface area contributed by atoms with Gasteiger partial charge in [0.25, 0.3) is 0 Å². The summed E-state index contributed by atoms with van der Waals surface area (Å²) in [6.07, 6.45) is 0. The Bertz CT molecular complexity index is 916. The van der Waals surface area contributed by atoms with Crippen molar-refractivity contribution < 1.29 is 5.11 Å². The minimum atomic E-state index is 0.150. The first kappa shape index (κ1) is 18.2. The maximum Gasteiger partial charge on any atom is 0.156 e. The highest BCUT2D eigenvalue weighted by molar-refractivity contribution is 9.11. The van der Waals surface area contributed by atoms with Gasteiger partial charge in [0.15, 0.2) is 5.75 Å². The molecule has 2 N–H and O–H groups in total. The number of fused-ring (bicyclic) bond motifs is 1. The summed E-state index contributed by atoms with van der Waals surface area (Å²) in [6.45, 7) is 7.21. The largest absolute Gasteiger partial charge is 0.505 e. The number of hydrogen-bond acceptors (Lipinski definition) is 3. The quantitative estimate of drug-likeness (QED) is 0.473. The molecule has 5 heteroatoms. The van der Waals surface area contributed by atoms with Crippen LogP contribution >= 0.6 is 31.9 Å². The molecule has 0 aliphatic rings. The number of nitrogens with zero attached hydrogens (tertiary/aromatic N) is 1. The van der Waals surface area contributed by atoms with E-state index in [2.05, 4.69) is 87.2 Å². The smallest absolute Gasteiger partial charge is 0.156 e. The summed E-state index contributed by atoms with van der Waals surface area (Å²) >= 11 is 6.86. The standard InChI is InChI=1S/C20H20Br2N2O/c1-20(2,3)12-4-6-13(7-5-12)23-11-14-8-9-15-16(21)10-17(22)19(25)18(15)24-14/h4-10,23,25H,11H2,1-3H3. The van der Waals surface area contributed by atoms with Crippen molar-refractivity contribution in [3.8, 4) is 5.75 Å². The van der Waals surface area contributed by atoms with Crippen molar-refractivity contribution in [3.05, 3.63) is 62.7 Å². The minimum absolute atomic E-state index is 0.150. The van der Waals surface area contributed by atoms with Crippen molar-refractivity contribution in [2.45, 2.75) is 32.7 Å². The third-order valence-electron chi connectivity index (χ3n) is 4.14. The fraction of sp³-hybridized carbons (Fsp3) is 0.250. The summed E-state index contributed by atoms with van der Waals surface area (Å²) < 4.78 is 1.53. The lowest BCUT2D eigenvalue weighted by Gasteiger charge is -2.19. The molecule has 0 aliphatic carbocycles. The van der Waals surface area contributed by atoms with E-state index in [1.54, 1.807) is 0 Å². The van der Waals surface area contributed by atoms with Crippen molar-refractivity contribution in [1.82, 2.24) is 4.98 Å². The molecule has 1 heterocycles. The Morgan fingerprint density at radius 2 is 1.68 bits per heavy atom. The SMILES string of the molecule is CC(C)(C)c1ccc(NCc2ccc3c(Br)cc(Br)c(O)c3n2)cc1. The highest BCUT2D eigenvalue weighted by Crippen LogP contribution is 2.36. The van der Waals surface area contributed by atoms with Gasteiger partial charge in [-0.25, -0.2) is 4.98 Å². The molecule has 25 heavy (non-hydrogen) atoms. The number of anilines is 1. The van der Waals surface area contributed by atoms with Gasteiger partial charge in [0.2, 0.25) is 0 Å². The molecule has 0 saturated heterocycles. The summed E-state index contributed by atoms with van der Waals surface area (Å²) in [5.41, 5.74) is 3.96. The second-order valence-corrected chi connectivity index (χ2v) is 8.78. The lowest BCUT2D eigenvalue weighted by atomic mass is 9.87. The molecule has 0 atom stereocenters. The van der Waals surface area contributed by atoms with Crippen LogP contribution in [-0.4, -0.2) is 10.1 Å². The van der Waals surface area contributed by atoms with E-state index < -0.39 is 0 Å². The van der Waals surface area contributed by atoms with Crippen LogP contribution in [0.5, 0.6) is 5.75 Å². The number of phenols is 1. The van der Waals surface area contributed by atoms with Crippen molar-refractivity contribution >= 4 is 48.5 Å². The Morgan fingerprint density at radius 3 is 2.32 bits per heavy atom. The third-order valence-corrected chi connectivity index (χ3v) is 5.40. The van der Waals surface area contributed by atoms with Crippen LogP contribution in [0.1, 0.15) is 32.0 Å². The fourth-order valence-electron chi connectivity index (χ4n) is 2.62. The summed E-state index contributed by atoms with van der Waals surface area (Å²) in [7, 11) is 0. The zero-order valence-corrected chi connectivity index (χ0v) is 17.6. The predicted octanol–water partition coefficient (Wildman–Crippen LogP) is 6.38. The van der Waals surface area contributed by atoms with Crippen LogP contribution in [0.3, 0.4) is 0 Å². The van der Waals surface area contributed by atoms with E-state index in [-0.39, 0.29) is 11.2 Å². The molecule has 1 aromatic heterocycles. The molecule has 2 aromatic carbocycles. The Balaban J connectivity index is 1.81. The number of hydrogen-bond donors (Lipinski definition) is 2. The van der Waals surface area contributed by atoms with Gasteiger partial charge < -0.3 is 10.4 Å². The number of halogens is 2. The van der Waals surface area contributed by atoms with Gasteiger partial charge >= 0.3 is 0 Å². The van der Waals surface area contributed by atoms with Crippen LogP contribution in [0.15, 0.2) is 51.4 Å². The van der Waals surface area contributed by atoms with Gasteiger partial charge in [0.05, 0.1) is 16.7 Å². The molecule has 0 aliphatic heterocycles. The molecular weight excluding hydrogens is 444 g/mol. The van der Waals surface area contributed by atoms with Gasteiger partial charge in [-0.3, -0.25) is 0 Å². The number of rotatable bonds is 3. The van der Waals surface area contributed by atoms with Crippen LogP contribution in [0.4, 0.5) is 5.69 Å². The zero-order valence-electron chi connectivity index (χ0n) is 14.4. The van der Waals surface area contributed by atoms with E-state index in [0.29, 0.717) is 16.5 Å². The van der Waals surface area contributed by atoms with Gasteiger partial charge in [-0.2, -0.15) is 0 Å². The van der Waals surface area contributed by atoms with Crippen LogP contribution in [0, 0.1) is 0 Å².